The summed E-state index contributed by atoms with van der Waals surface area (Å²) in [4.78, 5) is 9.38. The second kappa shape index (κ2) is 11.9. The minimum Gasteiger partial charge on any atom is -0.199 e. The van der Waals surface area contributed by atoms with Crippen LogP contribution in [0.25, 0.3) is 0 Å². The standard InChI is InChI=1S/C13H26O2.BrH/c1-2-3-4-5-6-7-8-9-10-11-12-13-14-15-13;/h13H,2-12H2,1H3;1H. The molecule has 0 N–H and O–H groups in total. The van der Waals surface area contributed by atoms with Crippen LogP contribution in [0.4, 0.5) is 0 Å². The summed E-state index contributed by atoms with van der Waals surface area (Å²) in [5.74, 6) is 0. The molecular weight excluding hydrogens is 268 g/mol. The Balaban J connectivity index is 0.00000225. The van der Waals surface area contributed by atoms with Crippen molar-refractivity contribution < 1.29 is 9.78 Å². The molecule has 0 amide bonds. The Labute approximate surface area is 111 Å². The van der Waals surface area contributed by atoms with E-state index in [2.05, 4.69) is 6.92 Å². The van der Waals surface area contributed by atoms with Gasteiger partial charge in [-0.1, -0.05) is 64.7 Å². The third kappa shape index (κ3) is 10.9. The van der Waals surface area contributed by atoms with Gasteiger partial charge in [-0.2, -0.15) is 9.78 Å². The van der Waals surface area contributed by atoms with Gasteiger partial charge in [0.15, 0.2) is 0 Å². The molecule has 98 valence electrons. The summed E-state index contributed by atoms with van der Waals surface area (Å²) in [6.45, 7) is 2.27. The zero-order chi connectivity index (χ0) is 10.8. The molecule has 1 rings (SSSR count). The van der Waals surface area contributed by atoms with E-state index in [4.69, 9.17) is 9.78 Å². The number of hydrogen-bond donors (Lipinski definition) is 0. The monoisotopic (exact) mass is 294 g/mol. The third-order valence-corrected chi connectivity index (χ3v) is 3.03. The SMILES string of the molecule is Br.CCCCCCCCCCCCC1OO1. The third-order valence-electron chi connectivity index (χ3n) is 3.03. The van der Waals surface area contributed by atoms with E-state index in [1.807, 2.05) is 0 Å². The Morgan fingerprint density at radius 2 is 1.12 bits per heavy atom. The predicted molar refractivity (Wildman–Crippen MR) is 72.7 cm³/mol. The molecule has 0 aromatic rings. The molecule has 0 bridgehead atoms. The van der Waals surface area contributed by atoms with E-state index >= 15 is 0 Å². The van der Waals surface area contributed by atoms with Crippen molar-refractivity contribution in [1.29, 1.82) is 0 Å². The van der Waals surface area contributed by atoms with E-state index in [0.29, 0.717) is 0 Å². The Kier molecular flexibility index (Phi) is 12.2. The zero-order valence-corrected chi connectivity index (χ0v) is 12.3. The minimum absolute atomic E-state index is 0. The van der Waals surface area contributed by atoms with Crippen molar-refractivity contribution in [2.75, 3.05) is 0 Å². The summed E-state index contributed by atoms with van der Waals surface area (Å²) in [6, 6.07) is 0. The van der Waals surface area contributed by atoms with E-state index in [1.54, 1.807) is 0 Å². The Morgan fingerprint density at radius 3 is 1.56 bits per heavy atom. The zero-order valence-electron chi connectivity index (χ0n) is 10.6. The Morgan fingerprint density at radius 1 is 0.688 bits per heavy atom. The molecule has 1 heterocycles. The highest BCUT2D eigenvalue weighted by Gasteiger charge is 2.24. The van der Waals surface area contributed by atoms with Gasteiger partial charge in [-0.15, -0.1) is 17.0 Å². The first-order chi connectivity index (χ1) is 7.43. The van der Waals surface area contributed by atoms with Crippen molar-refractivity contribution in [2.24, 2.45) is 0 Å². The molecule has 0 spiro atoms. The van der Waals surface area contributed by atoms with Crippen molar-refractivity contribution in [1.82, 2.24) is 0 Å². The van der Waals surface area contributed by atoms with Crippen LogP contribution in [0.15, 0.2) is 0 Å². The van der Waals surface area contributed by atoms with Crippen LogP contribution in [0.1, 0.15) is 77.6 Å². The quantitative estimate of drug-likeness (QED) is 0.299. The van der Waals surface area contributed by atoms with Crippen LogP contribution in [-0.2, 0) is 9.78 Å². The number of halogens is 1. The summed E-state index contributed by atoms with van der Waals surface area (Å²) < 4.78 is 0. The van der Waals surface area contributed by atoms with Crippen molar-refractivity contribution in [3.05, 3.63) is 0 Å². The first-order valence-corrected chi connectivity index (χ1v) is 6.75. The van der Waals surface area contributed by atoms with Gasteiger partial charge in [0.2, 0.25) is 6.29 Å². The van der Waals surface area contributed by atoms with Crippen LogP contribution in [0.5, 0.6) is 0 Å². The lowest BCUT2D eigenvalue weighted by molar-refractivity contribution is 0.0850. The van der Waals surface area contributed by atoms with Gasteiger partial charge in [0, 0.05) is 6.42 Å². The summed E-state index contributed by atoms with van der Waals surface area (Å²) in [7, 11) is 0. The van der Waals surface area contributed by atoms with Crippen molar-refractivity contribution >= 4 is 17.0 Å². The molecule has 3 heteroatoms. The van der Waals surface area contributed by atoms with Crippen molar-refractivity contribution in [3.63, 3.8) is 0 Å². The molecular formula is C13H27BrO2. The fourth-order valence-corrected chi connectivity index (χ4v) is 1.93. The molecule has 1 saturated heterocycles. The first-order valence-electron chi connectivity index (χ1n) is 6.75. The molecule has 0 unspecified atom stereocenters. The molecule has 0 aromatic heterocycles. The summed E-state index contributed by atoms with van der Waals surface area (Å²) >= 11 is 0. The fourth-order valence-electron chi connectivity index (χ4n) is 1.93. The van der Waals surface area contributed by atoms with Gasteiger partial charge in [-0.3, -0.25) is 0 Å². The summed E-state index contributed by atoms with van der Waals surface area (Å²) in [6.07, 6.45) is 15.2. The van der Waals surface area contributed by atoms with Crippen molar-refractivity contribution in [3.8, 4) is 0 Å². The van der Waals surface area contributed by atoms with Crippen LogP contribution >= 0.6 is 17.0 Å². The van der Waals surface area contributed by atoms with E-state index in [1.165, 1.54) is 64.2 Å². The van der Waals surface area contributed by atoms with Crippen molar-refractivity contribution in [2.45, 2.75) is 83.8 Å². The van der Waals surface area contributed by atoms with Crippen LogP contribution < -0.4 is 0 Å². The van der Waals surface area contributed by atoms with Gasteiger partial charge < -0.3 is 0 Å². The van der Waals surface area contributed by atoms with Gasteiger partial charge in [0.05, 0.1) is 0 Å². The smallest absolute Gasteiger partial charge is 0.199 e. The largest absolute Gasteiger partial charge is 0.224 e. The molecule has 0 atom stereocenters. The maximum atomic E-state index is 4.69. The van der Waals surface area contributed by atoms with Gasteiger partial charge in [0.1, 0.15) is 0 Å². The summed E-state index contributed by atoms with van der Waals surface area (Å²) in [5.41, 5.74) is 0. The Bertz CT molecular complexity index is 138. The van der Waals surface area contributed by atoms with Crippen LogP contribution in [0.3, 0.4) is 0 Å². The number of rotatable bonds is 11. The van der Waals surface area contributed by atoms with Crippen LogP contribution in [0.2, 0.25) is 0 Å². The molecule has 2 nitrogen and oxygen atoms in total. The second-order valence-corrected chi connectivity index (χ2v) is 4.59. The van der Waals surface area contributed by atoms with Gasteiger partial charge in [-0.05, 0) is 6.42 Å². The van der Waals surface area contributed by atoms with E-state index in [9.17, 15) is 0 Å². The average Bonchev–Trinajstić information content (AvgIpc) is 3.05. The topological polar surface area (TPSA) is 25.1 Å². The average molecular weight is 295 g/mol. The normalized spacial score (nSPS) is 14.8. The highest BCUT2D eigenvalue weighted by molar-refractivity contribution is 8.93. The molecule has 1 aliphatic rings. The van der Waals surface area contributed by atoms with Gasteiger partial charge >= 0.3 is 0 Å². The molecule has 0 aromatic carbocycles. The number of hydrogen-bond acceptors (Lipinski definition) is 2. The first kappa shape index (κ1) is 16.4. The van der Waals surface area contributed by atoms with Crippen LogP contribution in [0, 0.1) is 0 Å². The van der Waals surface area contributed by atoms with Crippen LogP contribution in [-0.4, -0.2) is 6.29 Å². The highest BCUT2D eigenvalue weighted by Crippen LogP contribution is 2.20. The van der Waals surface area contributed by atoms with E-state index in [-0.39, 0.29) is 23.3 Å². The lowest BCUT2D eigenvalue weighted by Crippen LogP contribution is -1.85. The van der Waals surface area contributed by atoms with Gasteiger partial charge in [0.25, 0.3) is 0 Å². The lowest BCUT2D eigenvalue weighted by atomic mass is 10.1. The van der Waals surface area contributed by atoms with E-state index in [0.717, 1.165) is 6.42 Å². The highest BCUT2D eigenvalue weighted by atomic mass is 79.9. The molecule has 1 fully saturated rings. The maximum absolute atomic E-state index is 4.69. The Hall–Kier alpha value is 0.400. The minimum atomic E-state index is 0. The van der Waals surface area contributed by atoms with E-state index < -0.39 is 0 Å². The number of unbranched alkanes of at least 4 members (excludes halogenated alkanes) is 9. The molecule has 0 saturated carbocycles. The molecule has 1 aliphatic heterocycles. The molecule has 0 radical (unpaired) electrons. The summed E-state index contributed by atoms with van der Waals surface area (Å²) in [5, 5.41) is 0. The molecule has 0 aliphatic carbocycles. The lowest BCUT2D eigenvalue weighted by Gasteiger charge is -2.00. The predicted octanol–water partition coefficient (Wildman–Crippen LogP) is 5.16. The second-order valence-electron chi connectivity index (χ2n) is 4.59. The van der Waals surface area contributed by atoms with Gasteiger partial charge in [-0.25, -0.2) is 0 Å². The molecule has 16 heavy (non-hydrogen) atoms. The fraction of sp³-hybridized carbons (Fsp3) is 1.00. The maximum Gasteiger partial charge on any atom is 0.224 e.